The zero-order valence-electron chi connectivity index (χ0n) is 21.6. The zero-order valence-corrected chi connectivity index (χ0v) is 21.6. The minimum Gasteiger partial charge on any atom is -0.508 e. The molecule has 2 aliphatic heterocycles. The molecule has 2 heterocycles. The number of likely N-dealkylation sites (tertiary alicyclic amines) is 1. The van der Waals surface area contributed by atoms with E-state index < -0.39 is 6.10 Å². The fourth-order valence-corrected chi connectivity index (χ4v) is 5.41. The molecular formula is C32H33NO4. The first-order chi connectivity index (χ1) is 17.9. The lowest BCUT2D eigenvalue weighted by atomic mass is 9.84. The highest BCUT2D eigenvalue weighted by Crippen LogP contribution is 2.49. The third kappa shape index (κ3) is 4.90. The number of phenols is 2. The van der Waals surface area contributed by atoms with Crippen molar-refractivity contribution in [1.29, 1.82) is 0 Å². The van der Waals surface area contributed by atoms with Gasteiger partial charge < -0.3 is 19.7 Å². The minimum atomic E-state index is -0.427. The van der Waals surface area contributed by atoms with Gasteiger partial charge in [-0.2, -0.15) is 0 Å². The molecular weight excluding hydrogens is 462 g/mol. The van der Waals surface area contributed by atoms with Crippen LogP contribution in [0.3, 0.4) is 0 Å². The molecule has 0 amide bonds. The highest BCUT2D eigenvalue weighted by molar-refractivity contribution is 5.97. The number of hydrogen-bond donors (Lipinski definition) is 2. The van der Waals surface area contributed by atoms with E-state index >= 15 is 0 Å². The number of hydrogen-bond acceptors (Lipinski definition) is 5. The van der Waals surface area contributed by atoms with Crippen molar-refractivity contribution in [3.63, 3.8) is 0 Å². The fourth-order valence-electron chi connectivity index (χ4n) is 5.41. The minimum absolute atomic E-state index is 0.0389. The van der Waals surface area contributed by atoms with E-state index in [9.17, 15) is 10.2 Å². The normalized spacial score (nSPS) is 20.2. The summed E-state index contributed by atoms with van der Waals surface area (Å²) in [5.74, 6) is 5.00. The lowest BCUT2D eigenvalue weighted by molar-refractivity contribution is 0.169. The average molecular weight is 496 g/mol. The van der Waals surface area contributed by atoms with Crippen LogP contribution in [0.25, 0.3) is 11.1 Å². The Morgan fingerprint density at radius 2 is 1.92 bits per heavy atom. The van der Waals surface area contributed by atoms with Crippen molar-refractivity contribution in [3.8, 4) is 35.3 Å². The number of allylic oxidation sites excluding steroid dienone is 1. The van der Waals surface area contributed by atoms with Gasteiger partial charge in [-0.15, -0.1) is 6.42 Å². The third-order valence-corrected chi connectivity index (χ3v) is 7.49. The van der Waals surface area contributed by atoms with Crippen molar-refractivity contribution in [2.24, 2.45) is 5.92 Å². The second-order valence-corrected chi connectivity index (χ2v) is 10.2. The van der Waals surface area contributed by atoms with Gasteiger partial charge >= 0.3 is 0 Å². The summed E-state index contributed by atoms with van der Waals surface area (Å²) in [4.78, 5) is 2.49. The Morgan fingerprint density at radius 3 is 2.59 bits per heavy atom. The Balaban J connectivity index is 1.45. The van der Waals surface area contributed by atoms with E-state index in [2.05, 4.69) is 24.7 Å². The number of aromatic hydroxyl groups is 2. The molecule has 0 aliphatic carbocycles. The van der Waals surface area contributed by atoms with Crippen LogP contribution in [0.2, 0.25) is 0 Å². The van der Waals surface area contributed by atoms with Gasteiger partial charge in [0, 0.05) is 23.7 Å². The first-order valence-electron chi connectivity index (χ1n) is 12.8. The molecule has 0 aromatic heterocycles. The maximum absolute atomic E-state index is 10.4. The number of phenolic OH excluding ortho intramolecular Hbond substituents is 2. The second-order valence-electron chi connectivity index (χ2n) is 10.2. The standard InChI is InChI=1S/C32H33NO4/c1-5-27-28(35)13-14-29-31(27)22(4)30(24-7-6-8-25(34)17-24)32(37-29)23-9-11-26(12-10-23)36-19-21(3)33-16-15-20(2)18-33/h1,6-14,17,20-21,32,34-35H,15-16,18-19H2,2-4H3. The Kier molecular flexibility index (Phi) is 6.86. The summed E-state index contributed by atoms with van der Waals surface area (Å²) in [5, 5.41) is 20.6. The molecule has 0 radical (unpaired) electrons. The summed E-state index contributed by atoms with van der Waals surface area (Å²) < 4.78 is 12.6. The van der Waals surface area contributed by atoms with Crippen LogP contribution in [0.5, 0.6) is 23.0 Å². The predicted molar refractivity (Wildman–Crippen MR) is 147 cm³/mol. The van der Waals surface area contributed by atoms with Gasteiger partial charge in [0.2, 0.25) is 0 Å². The highest BCUT2D eigenvalue weighted by atomic mass is 16.5. The quantitative estimate of drug-likeness (QED) is 0.396. The van der Waals surface area contributed by atoms with Crippen molar-refractivity contribution in [3.05, 3.63) is 82.9 Å². The molecule has 1 fully saturated rings. The molecule has 3 aromatic carbocycles. The number of rotatable bonds is 6. The van der Waals surface area contributed by atoms with Crippen molar-refractivity contribution in [2.45, 2.75) is 39.3 Å². The largest absolute Gasteiger partial charge is 0.508 e. The van der Waals surface area contributed by atoms with Crippen LogP contribution in [-0.4, -0.2) is 40.9 Å². The van der Waals surface area contributed by atoms with Gasteiger partial charge in [0.1, 0.15) is 35.7 Å². The number of benzene rings is 3. The molecule has 1 saturated heterocycles. The molecule has 0 bridgehead atoms. The lowest BCUT2D eigenvalue weighted by Gasteiger charge is -2.32. The van der Waals surface area contributed by atoms with Gasteiger partial charge in [-0.25, -0.2) is 0 Å². The van der Waals surface area contributed by atoms with Crippen molar-refractivity contribution >= 4 is 11.1 Å². The number of fused-ring (bicyclic) bond motifs is 1. The molecule has 5 heteroatoms. The monoisotopic (exact) mass is 495 g/mol. The van der Waals surface area contributed by atoms with Crippen LogP contribution in [-0.2, 0) is 0 Å². The van der Waals surface area contributed by atoms with E-state index in [-0.39, 0.29) is 11.5 Å². The van der Waals surface area contributed by atoms with Crippen LogP contribution in [0.15, 0.2) is 60.7 Å². The molecule has 5 rings (SSSR count). The topological polar surface area (TPSA) is 62.2 Å². The first-order valence-corrected chi connectivity index (χ1v) is 12.8. The predicted octanol–water partition coefficient (Wildman–Crippen LogP) is 6.25. The Labute approximate surface area is 219 Å². The number of terminal acetylenes is 1. The summed E-state index contributed by atoms with van der Waals surface area (Å²) in [6.07, 6.45) is 6.58. The van der Waals surface area contributed by atoms with E-state index in [1.807, 2.05) is 37.3 Å². The van der Waals surface area contributed by atoms with E-state index in [0.29, 0.717) is 29.5 Å². The molecule has 2 N–H and O–H groups in total. The maximum atomic E-state index is 10.4. The summed E-state index contributed by atoms with van der Waals surface area (Å²) in [6, 6.07) is 18.8. The van der Waals surface area contributed by atoms with Gasteiger partial charge in [-0.05, 0) is 85.8 Å². The summed E-state index contributed by atoms with van der Waals surface area (Å²) in [5.41, 5.74) is 4.66. The molecule has 0 saturated carbocycles. The average Bonchev–Trinajstić information content (AvgIpc) is 3.34. The van der Waals surface area contributed by atoms with Gasteiger partial charge in [0.05, 0.1) is 5.56 Å². The van der Waals surface area contributed by atoms with E-state index in [4.69, 9.17) is 15.9 Å². The zero-order chi connectivity index (χ0) is 26.1. The molecule has 2 aliphatic rings. The van der Waals surface area contributed by atoms with Crippen LogP contribution in [0, 0.1) is 18.3 Å². The molecule has 3 aromatic rings. The molecule has 37 heavy (non-hydrogen) atoms. The molecule has 190 valence electrons. The van der Waals surface area contributed by atoms with Gasteiger partial charge in [-0.3, -0.25) is 4.90 Å². The Hall–Kier alpha value is -3.88. The van der Waals surface area contributed by atoms with Gasteiger partial charge in [-0.1, -0.05) is 37.1 Å². The number of ether oxygens (including phenoxy) is 2. The summed E-state index contributed by atoms with van der Waals surface area (Å²) >= 11 is 0. The summed E-state index contributed by atoms with van der Waals surface area (Å²) in [7, 11) is 0. The van der Waals surface area contributed by atoms with Crippen LogP contribution in [0.4, 0.5) is 0 Å². The van der Waals surface area contributed by atoms with Crippen molar-refractivity contribution in [1.82, 2.24) is 4.90 Å². The van der Waals surface area contributed by atoms with E-state index in [0.717, 1.165) is 47.0 Å². The third-order valence-electron chi connectivity index (χ3n) is 7.49. The maximum Gasteiger partial charge on any atom is 0.150 e. The highest BCUT2D eigenvalue weighted by Gasteiger charge is 2.31. The number of nitrogens with zero attached hydrogens (tertiary/aromatic N) is 1. The molecule has 5 nitrogen and oxygen atoms in total. The molecule has 0 spiro atoms. The SMILES string of the molecule is C#Cc1c(O)ccc2c1C(C)=C(c1cccc(O)c1)C(c1ccc(OCC(C)N3CCC(C)C3)cc1)O2. The second kappa shape index (κ2) is 10.2. The van der Waals surface area contributed by atoms with E-state index in [1.165, 1.54) is 6.42 Å². The van der Waals surface area contributed by atoms with Gasteiger partial charge in [0.15, 0.2) is 0 Å². The Bertz CT molecular complexity index is 1370. The lowest BCUT2D eigenvalue weighted by Crippen LogP contribution is -2.35. The molecule has 3 atom stereocenters. The van der Waals surface area contributed by atoms with Crippen molar-refractivity contribution < 1.29 is 19.7 Å². The fraction of sp³-hybridized carbons (Fsp3) is 0.312. The van der Waals surface area contributed by atoms with Gasteiger partial charge in [0.25, 0.3) is 0 Å². The van der Waals surface area contributed by atoms with Crippen LogP contribution in [0.1, 0.15) is 55.5 Å². The van der Waals surface area contributed by atoms with Crippen LogP contribution >= 0.6 is 0 Å². The first kappa shape index (κ1) is 24.8. The molecule has 3 unspecified atom stereocenters. The van der Waals surface area contributed by atoms with Crippen LogP contribution < -0.4 is 9.47 Å². The smallest absolute Gasteiger partial charge is 0.150 e. The van der Waals surface area contributed by atoms with E-state index in [1.54, 1.807) is 30.3 Å². The van der Waals surface area contributed by atoms with Crippen molar-refractivity contribution in [2.75, 3.05) is 19.7 Å². The Morgan fingerprint density at radius 1 is 1.14 bits per heavy atom. The summed E-state index contributed by atoms with van der Waals surface area (Å²) in [6.45, 7) is 9.41.